The van der Waals surface area contributed by atoms with Crippen LogP contribution in [0.5, 0.6) is 0 Å². The van der Waals surface area contributed by atoms with Gasteiger partial charge in [-0.25, -0.2) is 4.98 Å². The van der Waals surface area contributed by atoms with E-state index in [1.165, 1.54) is 31.4 Å². The van der Waals surface area contributed by atoms with Gasteiger partial charge in [0.2, 0.25) is 5.95 Å². The lowest BCUT2D eigenvalue weighted by Crippen LogP contribution is -2.47. The SMILES string of the molecule is Clc1cccc(N2CCN(c3nccc(NCCC4=CCCCC4)n3)CC2)c1. The fraction of sp³-hybridized carbons (Fsp3) is 0.455. The Morgan fingerprint density at radius 3 is 2.68 bits per heavy atom. The zero-order chi connectivity index (χ0) is 19.2. The van der Waals surface area contributed by atoms with Crippen LogP contribution in [0, 0.1) is 0 Å². The molecule has 1 saturated heterocycles. The Morgan fingerprint density at radius 1 is 1.04 bits per heavy atom. The van der Waals surface area contributed by atoms with Gasteiger partial charge in [0.25, 0.3) is 0 Å². The van der Waals surface area contributed by atoms with Crippen molar-refractivity contribution in [3.63, 3.8) is 0 Å². The molecule has 0 saturated carbocycles. The van der Waals surface area contributed by atoms with E-state index < -0.39 is 0 Å². The van der Waals surface area contributed by atoms with Crippen LogP contribution in [0.4, 0.5) is 17.5 Å². The third-order valence-corrected chi connectivity index (χ3v) is 5.75. The minimum absolute atomic E-state index is 0.783. The first-order valence-corrected chi connectivity index (χ1v) is 10.7. The molecule has 0 radical (unpaired) electrons. The van der Waals surface area contributed by atoms with Crippen molar-refractivity contribution >= 4 is 29.1 Å². The number of nitrogens with zero attached hydrogens (tertiary/aromatic N) is 4. The number of hydrogen-bond acceptors (Lipinski definition) is 5. The number of halogens is 1. The maximum Gasteiger partial charge on any atom is 0.227 e. The minimum Gasteiger partial charge on any atom is -0.370 e. The van der Waals surface area contributed by atoms with Crippen molar-refractivity contribution in [3.05, 3.63) is 53.2 Å². The molecule has 1 aromatic heterocycles. The molecule has 1 N–H and O–H groups in total. The molecule has 1 aliphatic carbocycles. The highest BCUT2D eigenvalue weighted by Crippen LogP contribution is 2.23. The number of benzene rings is 1. The molecule has 1 aromatic carbocycles. The lowest BCUT2D eigenvalue weighted by molar-refractivity contribution is 0.640. The van der Waals surface area contributed by atoms with Crippen molar-refractivity contribution in [3.8, 4) is 0 Å². The topological polar surface area (TPSA) is 44.3 Å². The number of aromatic nitrogens is 2. The van der Waals surface area contributed by atoms with Gasteiger partial charge in [0.1, 0.15) is 5.82 Å². The van der Waals surface area contributed by atoms with E-state index in [9.17, 15) is 0 Å². The molecule has 0 unspecified atom stereocenters. The Kier molecular flexibility index (Phi) is 6.32. The van der Waals surface area contributed by atoms with Gasteiger partial charge < -0.3 is 15.1 Å². The van der Waals surface area contributed by atoms with Crippen LogP contribution in [0.2, 0.25) is 5.02 Å². The van der Waals surface area contributed by atoms with Gasteiger partial charge in [-0.1, -0.05) is 29.3 Å². The second-order valence-electron chi connectivity index (χ2n) is 7.48. The Labute approximate surface area is 172 Å². The monoisotopic (exact) mass is 397 g/mol. The summed E-state index contributed by atoms with van der Waals surface area (Å²) in [6, 6.07) is 10.0. The molecular weight excluding hydrogens is 370 g/mol. The normalized spacial score (nSPS) is 17.4. The smallest absolute Gasteiger partial charge is 0.227 e. The van der Waals surface area contributed by atoms with E-state index >= 15 is 0 Å². The van der Waals surface area contributed by atoms with Crippen LogP contribution in [0.15, 0.2) is 48.2 Å². The summed E-state index contributed by atoms with van der Waals surface area (Å²) in [4.78, 5) is 13.9. The van der Waals surface area contributed by atoms with E-state index in [0.717, 1.165) is 55.9 Å². The fourth-order valence-corrected chi connectivity index (χ4v) is 4.10. The summed E-state index contributed by atoms with van der Waals surface area (Å²) in [5, 5.41) is 4.25. The van der Waals surface area contributed by atoms with Crippen molar-refractivity contribution in [1.29, 1.82) is 0 Å². The second-order valence-corrected chi connectivity index (χ2v) is 7.92. The van der Waals surface area contributed by atoms with E-state index in [1.807, 2.05) is 30.5 Å². The Hall–Kier alpha value is -2.27. The molecule has 1 aliphatic heterocycles. The molecule has 28 heavy (non-hydrogen) atoms. The van der Waals surface area contributed by atoms with Crippen LogP contribution in [0.3, 0.4) is 0 Å². The van der Waals surface area contributed by atoms with Crippen LogP contribution in [-0.2, 0) is 0 Å². The summed E-state index contributed by atoms with van der Waals surface area (Å²) in [6.07, 6.45) is 10.6. The highest BCUT2D eigenvalue weighted by molar-refractivity contribution is 6.30. The van der Waals surface area contributed by atoms with Gasteiger partial charge in [-0.15, -0.1) is 0 Å². The molecule has 4 rings (SSSR count). The predicted molar refractivity (Wildman–Crippen MR) is 118 cm³/mol. The molecule has 0 amide bonds. The number of rotatable bonds is 6. The Bertz CT molecular complexity index is 814. The van der Waals surface area contributed by atoms with E-state index in [-0.39, 0.29) is 0 Å². The summed E-state index contributed by atoms with van der Waals surface area (Å²) in [6.45, 7) is 4.63. The van der Waals surface area contributed by atoms with Crippen LogP contribution >= 0.6 is 11.6 Å². The zero-order valence-corrected chi connectivity index (χ0v) is 17.0. The summed E-state index contributed by atoms with van der Waals surface area (Å²) < 4.78 is 0. The van der Waals surface area contributed by atoms with Crippen molar-refractivity contribution in [1.82, 2.24) is 9.97 Å². The molecule has 0 bridgehead atoms. The Balaban J connectivity index is 1.30. The predicted octanol–water partition coefficient (Wildman–Crippen LogP) is 4.76. The number of anilines is 3. The lowest BCUT2D eigenvalue weighted by Gasteiger charge is -2.36. The van der Waals surface area contributed by atoms with Gasteiger partial charge in [-0.05, 0) is 56.4 Å². The first kappa shape index (κ1) is 19.1. The first-order chi connectivity index (χ1) is 13.8. The third-order valence-electron chi connectivity index (χ3n) is 5.52. The molecule has 5 nitrogen and oxygen atoms in total. The minimum atomic E-state index is 0.783. The molecule has 0 atom stereocenters. The van der Waals surface area contributed by atoms with E-state index in [0.29, 0.717) is 0 Å². The number of piperazine rings is 1. The molecule has 0 spiro atoms. The van der Waals surface area contributed by atoms with Crippen molar-refractivity contribution in [2.45, 2.75) is 32.1 Å². The largest absolute Gasteiger partial charge is 0.370 e. The number of nitrogens with one attached hydrogen (secondary N) is 1. The maximum absolute atomic E-state index is 6.13. The summed E-state index contributed by atoms with van der Waals surface area (Å²) in [5.41, 5.74) is 2.77. The van der Waals surface area contributed by atoms with Gasteiger partial charge in [0, 0.05) is 49.6 Å². The van der Waals surface area contributed by atoms with Gasteiger partial charge in [-0.3, -0.25) is 0 Å². The highest BCUT2D eigenvalue weighted by Gasteiger charge is 2.19. The summed E-state index contributed by atoms with van der Waals surface area (Å²) >= 11 is 6.13. The number of allylic oxidation sites excluding steroid dienone is 1. The molecule has 1 fully saturated rings. The highest BCUT2D eigenvalue weighted by atomic mass is 35.5. The van der Waals surface area contributed by atoms with Crippen LogP contribution in [-0.4, -0.2) is 42.7 Å². The number of hydrogen-bond donors (Lipinski definition) is 1. The van der Waals surface area contributed by atoms with Gasteiger partial charge in [-0.2, -0.15) is 4.98 Å². The lowest BCUT2D eigenvalue weighted by atomic mass is 9.97. The van der Waals surface area contributed by atoms with Gasteiger partial charge in [0.05, 0.1) is 0 Å². The van der Waals surface area contributed by atoms with Crippen LogP contribution < -0.4 is 15.1 Å². The van der Waals surface area contributed by atoms with Crippen LogP contribution in [0.1, 0.15) is 32.1 Å². The maximum atomic E-state index is 6.13. The third kappa shape index (κ3) is 4.96. The van der Waals surface area contributed by atoms with E-state index in [2.05, 4.69) is 32.2 Å². The molecule has 2 aromatic rings. The Morgan fingerprint density at radius 2 is 1.89 bits per heavy atom. The molecule has 148 valence electrons. The second kappa shape index (κ2) is 9.28. The van der Waals surface area contributed by atoms with Crippen LogP contribution in [0.25, 0.3) is 0 Å². The van der Waals surface area contributed by atoms with Crippen molar-refractivity contribution in [2.75, 3.05) is 47.8 Å². The molecule has 2 aliphatic rings. The molecular formula is C22H28ClN5. The zero-order valence-electron chi connectivity index (χ0n) is 16.3. The molecule has 6 heteroatoms. The summed E-state index contributed by atoms with van der Waals surface area (Å²) in [7, 11) is 0. The van der Waals surface area contributed by atoms with E-state index in [4.69, 9.17) is 16.6 Å². The average molecular weight is 398 g/mol. The fourth-order valence-electron chi connectivity index (χ4n) is 3.92. The van der Waals surface area contributed by atoms with Gasteiger partial charge in [0.15, 0.2) is 0 Å². The van der Waals surface area contributed by atoms with Crippen molar-refractivity contribution in [2.24, 2.45) is 0 Å². The average Bonchev–Trinajstić information content (AvgIpc) is 2.75. The van der Waals surface area contributed by atoms with Gasteiger partial charge >= 0.3 is 0 Å². The quantitative estimate of drug-likeness (QED) is 0.712. The first-order valence-electron chi connectivity index (χ1n) is 10.3. The van der Waals surface area contributed by atoms with E-state index in [1.54, 1.807) is 5.57 Å². The standard InChI is InChI=1S/C22H28ClN5/c23-19-7-4-8-20(17-19)27-13-15-28(16-14-27)22-25-12-10-21(26-22)24-11-9-18-5-2-1-3-6-18/h4-5,7-8,10,12,17H,1-3,6,9,11,13-16H2,(H,24,25,26). The summed E-state index contributed by atoms with van der Waals surface area (Å²) in [5.74, 6) is 1.73. The van der Waals surface area contributed by atoms with Crippen molar-refractivity contribution < 1.29 is 0 Å². The molecule has 2 heterocycles.